The maximum atomic E-state index is 12.0. The number of carbonyl (C=O) groups is 3. The molecule has 21 heavy (non-hydrogen) atoms. The van der Waals surface area contributed by atoms with Gasteiger partial charge in [-0.25, -0.2) is 9.78 Å². The van der Waals surface area contributed by atoms with E-state index in [0.29, 0.717) is 5.06 Å². The van der Waals surface area contributed by atoms with Crippen LogP contribution in [0.2, 0.25) is 0 Å². The van der Waals surface area contributed by atoms with Crippen molar-refractivity contribution in [3.63, 3.8) is 0 Å². The van der Waals surface area contributed by atoms with Crippen LogP contribution in [-0.4, -0.2) is 27.8 Å². The number of hydrogen-bond donors (Lipinski definition) is 0. The summed E-state index contributed by atoms with van der Waals surface area (Å²) in [5, 5.41) is 0.600. The van der Waals surface area contributed by atoms with E-state index in [-0.39, 0.29) is 16.1 Å². The molecule has 3 rings (SSSR count). The van der Waals surface area contributed by atoms with Gasteiger partial charge in [-0.1, -0.05) is 24.1 Å². The number of hydroxylamine groups is 2. The molecule has 0 spiro atoms. The molecule has 0 unspecified atom stereocenters. The summed E-state index contributed by atoms with van der Waals surface area (Å²) >= 11 is 1.18. The molecule has 2 heterocycles. The number of hydrogen-bond acceptors (Lipinski definition) is 6. The fraction of sp³-hybridized carbons (Fsp3) is 0.143. The molecule has 0 fully saturated rings. The van der Waals surface area contributed by atoms with E-state index in [4.69, 9.17) is 4.84 Å². The zero-order chi connectivity index (χ0) is 15.0. The second kappa shape index (κ2) is 5.10. The third-order valence-electron chi connectivity index (χ3n) is 3.01. The van der Waals surface area contributed by atoms with Gasteiger partial charge in [-0.3, -0.25) is 9.59 Å². The minimum Gasteiger partial charge on any atom is -0.322 e. The number of thiazole rings is 1. The first kappa shape index (κ1) is 13.4. The Morgan fingerprint density at radius 2 is 1.86 bits per heavy atom. The van der Waals surface area contributed by atoms with Gasteiger partial charge >= 0.3 is 5.97 Å². The van der Waals surface area contributed by atoms with Gasteiger partial charge in [-0.15, -0.1) is 11.3 Å². The molecule has 2 aromatic rings. The fourth-order valence-corrected chi connectivity index (χ4v) is 2.66. The smallest absolute Gasteiger partial charge is 0.322 e. The molecule has 1 aliphatic rings. The van der Waals surface area contributed by atoms with E-state index in [1.54, 1.807) is 18.3 Å². The van der Waals surface area contributed by atoms with Crippen LogP contribution < -0.4 is 0 Å². The maximum Gasteiger partial charge on any atom is 0.392 e. The molecule has 0 bridgehead atoms. The maximum absolute atomic E-state index is 12.0. The molecule has 0 atom stereocenters. The van der Waals surface area contributed by atoms with Crippen LogP contribution in [0.3, 0.4) is 0 Å². The lowest BCUT2D eigenvalue weighted by Crippen LogP contribution is -2.32. The van der Waals surface area contributed by atoms with Crippen LogP contribution in [0.15, 0.2) is 30.5 Å². The second-order valence-corrected chi connectivity index (χ2v) is 5.43. The summed E-state index contributed by atoms with van der Waals surface area (Å²) in [6, 6.07) is 6.32. The van der Waals surface area contributed by atoms with Crippen molar-refractivity contribution in [3.05, 3.63) is 51.5 Å². The van der Waals surface area contributed by atoms with Crippen LogP contribution >= 0.6 is 11.3 Å². The van der Waals surface area contributed by atoms with Crippen molar-refractivity contribution in [2.24, 2.45) is 0 Å². The number of carbonyl (C=O) groups excluding carboxylic acids is 3. The normalized spacial score (nSPS) is 13.5. The number of aryl methyl sites for hydroxylation is 1. The molecule has 6 nitrogen and oxygen atoms in total. The van der Waals surface area contributed by atoms with E-state index in [0.717, 1.165) is 11.3 Å². The van der Waals surface area contributed by atoms with Gasteiger partial charge < -0.3 is 4.84 Å². The second-order valence-electron chi connectivity index (χ2n) is 4.31. The molecule has 0 N–H and O–H groups in total. The summed E-state index contributed by atoms with van der Waals surface area (Å²) in [6.07, 6.45) is 2.32. The monoisotopic (exact) mass is 302 g/mol. The van der Waals surface area contributed by atoms with Crippen molar-refractivity contribution in [2.75, 3.05) is 0 Å². The molecular formula is C14H10N2O4S. The topological polar surface area (TPSA) is 76.6 Å². The van der Waals surface area contributed by atoms with Crippen LogP contribution in [0, 0.1) is 0 Å². The molecular weight excluding hydrogens is 292 g/mol. The van der Waals surface area contributed by atoms with Gasteiger partial charge in [0.25, 0.3) is 11.8 Å². The molecule has 0 radical (unpaired) electrons. The number of benzene rings is 1. The Morgan fingerprint density at radius 1 is 1.24 bits per heavy atom. The minimum absolute atomic E-state index is 0.114. The van der Waals surface area contributed by atoms with Gasteiger partial charge in [0.1, 0.15) is 0 Å². The lowest BCUT2D eigenvalue weighted by molar-refractivity contribution is -0.0584. The molecule has 0 saturated heterocycles. The van der Waals surface area contributed by atoms with E-state index >= 15 is 0 Å². The van der Waals surface area contributed by atoms with Gasteiger partial charge in [0.05, 0.1) is 11.1 Å². The summed E-state index contributed by atoms with van der Waals surface area (Å²) in [6.45, 7) is 1.94. The van der Waals surface area contributed by atoms with Crippen LogP contribution in [0.1, 0.15) is 42.3 Å². The SMILES string of the molecule is CCc1cnc(C(=O)ON2C(=O)c3ccccc3C2=O)s1. The van der Waals surface area contributed by atoms with Crippen molar-refractivity contribution in [1.82, 2.24) is 10.0 Å². The van der Waals surface area contributed by atoms with Gasteiger partial charge in [0.2, 0.25) is 5.01 Å². The van der Waals surface area contributed by atoms with E-state index in [1.165, 1.54) is 23.5 Å². The summed E-state index contributed by atoms with van der Waals surface area (Å²) in [7, 11) is 0. The summed E-state index contributed by atoms with van der Waals surface area (Å²) in [5.74, 6) is -2.10. The lowest BCUT2D eigenvalue weighted by atomic mass is 10.1. The van der Waals surface area contributed by atoms with Crippen LogP contribution in [-0.2, 0) is 11.3 Å². The van der Waals surface area contributed by atoms with E-state index in [1.807, 2.05) is 6.92 Å². The van der Waals surface area contributed by atoms with Crippen molar-refractivity contribution >= 4 is 29.1 Å². The number of aromatic nitrogens is 1. The van der Waals surface area contributed by atoms with Crippen LogP contribution in [0.5, 0.6) is 0 Å². The molecule has 0 saturated carbocycles. The van der Waals surface area contributed by atoms with Crippen molar-refractivity contribution < 1.29 is 19.2 Å². The van der Waals surface area contributed by atoms with E-state index < -0.39 is 17.8 Å². The van der Waals surface area contributed by atoms with E-state index in [2.05, 4.69) is 4.98 Å². The van der Waals surface area contributed by atoms with Crippen LogP contribution in [0.4, 0.5) is 0 Å². The minimum atomic E-state index is -0.811. The number of amides is 2. The zero-order valence-electron chi connectivity index (χ0n) is 11.0. The van der Waals surface area contributed by atoms with Gasteiger partial charge in [0, 0.05) is 11.1 Å². The highest BCUT2D eigenvalue weighted by atomic mass is 32.1. The predicted molar refractivity (Wildman–Crippen MR) is 73.8 cm³/mol. The largest absolute Gasteiger partial charge is 0.392 e. The molecule has 1 aromatic carbocycles. The predicted octanol–water partition coefficient (Wildman–Crippen LogP) is 2.07. The standard InChI is InChI=1S/C14H10N2O4S/c1-2-8-7-15-11(21-8)14(19)20-16-12(17)9-5-3-4-6-10(9)13(16)18/h3-7H,2H2,1H3. The molecule has 7 heteroatoms. The van der Waals surface area contributed by atoms with Crippen molar-refractivity contribution in [3.8, 4) is 0 Å². The fourth-order valence-electron chi connectivity index (χ4n) is 1.94. The number of nitrogens with zero attached hydrogens (tertiary/aromatic N) is 2. The van der Waals surface area contributed by atoms with Gasteiger partial charge in [0.15, 0.2) is 0 Å². The Morgan fingerprint density at radius 3 is 2.38 bits per heavy atom. The van der Waals surface area contributed by atoms with Crippen molar-refractivity contribution in [1.29, 1.82) is 0 Å². The molecule has 0 aliphatic carbocycles. The quantitative estimate of drug-likeness (QED) is 0.811. The summed E-state index contributed by atoms with van der Waals surface area (Å²) < 4.78 is 0. The van der Waals surface area contributed by atoms with E-state index in [9.17, 15) is 14.4 Å². The highest BCUT2D eigenvalue weighted by Crippen LogP contribution is 2.24. The number of imide groups is 1. The number of rotatable bonds is 3. The Kier molecular flexibility index (Phi) is 3.26. The summed E-state index contributed by atoms with van der Waals surface area (Å²) in [4.78, 5) is 45.8. The highest BCUT2D eigenvalue weighted by molar-refractivity contribution is 7.13. The van der Waals surface area contributed by atoms with Crippen LogP contribution in [0.25, 0.3) is 0 Å². The molecule has 1 aliphatic heterocycles. The Labute approximate surface area is 123 Å². The third-order valence-corrected chi connectivity index (χ3v) is 4.13. The van der Waals surface area contributed by atoms with Gasteiger partial charge in [-0.05, 0) is 18.6 Å². The molecule has 1 aromatic heterocycles. The average Bonchev–Trinajstić information content (AvgIpc) is 3.07. The first-order valence-electron chi connectivity index (χ1n) is 6.26. The average molecular weight is 302 g/mol. The highest BCUT2D eigenvalue weighted by Gasteiger charge is 2.39. The third kappa shape index (κ3) is 2.21. The molecule has 106 valence electrons. The zero-order valence-corrected chi connectivity index (χ0v) is 11.8. The Hall–Kier alpha value is -2.54. The van der Waals surface area contributed by atoms with Gasteiger partial charge in [-0.2, -0.15) is 0 Å². The number of fused-ring (bicyclic) bond motifs is 1. The van der Waals surface area contributed by atoms with Crippen molar-refractivity contribution in [2.45, 2.75) is 13.3 Å². The lowest BCUT2D eigenvalue weighted by Gasteiger charge is -2.11. The Balaban J connectivity index is 1.82. The first-order valence-corrected chi connectivity index (χ1v) is 7.08. The Bertz CT molecular complexity index is 718. The molecule has 2 amide bonds. The summed E-state index contributed by atoms with van der Waals surface area (Å²) in [5.41, 5.74) is 0.451. The first-order chi connectivity index (χ1) is 10.1.